The van der Waals surface area contributed by atoms with E-state index in [2.05, 4.69) is 0 Å². The van der Waals surface area contributed by atoms with Gasteiger partial charge < -0.3 is 4.90 Å². The molecule has 2 aliphatic rings. The molecule has 2 atom stereocenters. The Morgan fingerprint density at radius 3 is 2.34 bits per heavy atom. The Morgan fingerprint density at radius 2 is 1.72 bits per heavy atom. The van der Waals surface area contributed by atoms with Gasteiger partial charge in [0.2, 0.25) is 5.91 Å². The smallest absolute Gasteiger partial charge is 0.223 e. The molecule has 2 unspecified atom stereocenters. The molecule has 0 aliphatic carbocycles. The minimum Gasteiger partial charge on any atom is -0.337 e. The predicted octanol–water partition coefficient (Wildman–Crippen LogP) is 4.06. The molecule has 0 spiro atoms. The zero-order chi connectivity index (χ0) is 20.6. The maximum Gasteiger partial charge on any atom is 0.223 e. The maximum absolute atomic E-state index is 13.7. The van der Waals surface area contributed by atoms with E-state index in [0.717, 1.165) is 18.4 Å². The fourth-order valence-electron chi connectivity index (χ4n) is 4.76. The second-order valence-corrected chi connectivity index (χ2v) is 10.4. The molecule has 2 fully saturated rings. The van der Waals surface area contributed by atoms with Crippen LogP contribution >= 0.6 is 0 Å². The van der Waals surface area contributed by atoms with Crippen molar-refractivity contribution in [3.63, 3.8) is 0 Å². The van der Waals surface area contributed by atoms with Gasteiger partial charge in [0.05, 0.1) is 10.1 Å². The summed E-state index contributed by atoms with van der Waals surface area (Å²) in [6.07, 6.45) is 3.54. The summed E-state index contributed by atoms with van der Waals surface area (Å²) in [6, 6.07) is 13.7. The number of nitrogens with zero attached hydrogens (tertiary/aromatic N) is 1. The van der Waals surface area contributed by atoms with Crippen LogP contribution in [0.15, 0.2) is 53.4 Å². The van der Waals surface area contributed by atoms with Gasteiger partial charge in [-0.05, 0) is 68.4 Å². The van der Waals surface area contributed by atoms with E-state index >= 15 is 0 Å². The normalized spacial score (nSPS) is 23.9. The van der Waals surface area contributed by atoms with Crippen LogP contribution in [0.25, 0.3) is 0 Å². The van der Waals surface area contributed by atoms with E-state index < -0.39 is 15.1 Å². The number of aryl methyl sites for hydroxylation is 2. The predicted molar refractivity (Wildman–Crippen MR) is 110 cm³/mol. The largest absolute Gasteiger partial charge is 0.337 e. The summed E-state index contributed by atoms with van der Waals surface area (Å²) in [5, 5.41) is -0.433. The monoisotopic (exact) mass is 415 g/mol. The molecule has 154 valence electrons. The van der Waals surface area contributed by atoms with Gasteiger partial charge in [-0.2, -0.15) is 0 Å². The number of carbonyl (C=O) groups is 1. The van der Waals surface area contributed by atoms with Crippen LogP contribution in [-0.2, 0) is 21.1 Å². The van der Waals surface area contributed by atoms with E-state index in [1.54, 1.807) is 37.3 Å². The van der Waals surface area contributed by atoms with Crippen molar-refractivity contribution in [2.45, 2.75) is 67.7 Å². The highest BCUT2D eigenvalue weighted by molar-refractivity contribution is 7.92. The Morgan fingerprint density at radius 1 is 1.07 bits per heavy atom. The first kappa shape index (κ1) is 20.1. The summed E-state index contributed by atoms with van der Waals surface area (Å²) >= 11 is 0. The standard InChI is InChI=1S/C23H26FNO3S/c1-16-7-8-17(13-22(16)24)9-12-23(26)25-18-10-11-19(25)15-21(14-18)29(27,28)20-5-3-2-4-6-20/h2-8,13,18-19,21H,9-12,14-15H2,1H3. The second kappa shape index (κ2) is 7.90. The van der Waals surface area contributed by atoms with Crippen molar-refractivity contribution in [2.24, 2.45) is 0 Å². The molecule has 2 saturated heterocycles. The summed E-state index contributed by atoms with van der Waals surface area (Å²) in [7, 11) is -3.38. The van der Waals surface area contributed by atoms with E-state index in [4.69, 9.17) is 0 Å². The van der Waals surface area contributed by atoms with Crippen molar-refractivity contribution in [3.05, 3.63) is 65.5 Å². The molecule has 2 aliphatic heterocycles. The van der Waals surface area contributed by atoms with Crippen LogP contribution in [0.4, 0.5) is 4.39 Å². The minimum atomic E-state index is -3.38. The quantitative estimate of drug-likeness (QED) is 0.740. The zero-order valence-electron chi connectivity index (χ0n) is 16.6. The highest BCUT2D eigenvalue weighted by Gasteiger charge is 2.46. The lowest BCUT2D eigenvalue weighted by Crippen LogP contribution is -2.49. The molecule has 6 heteroatoms. The maximum atomic E-state index is 13.7. The lowest BCUT2D eigenvalue weighted by atomic mass is 10.0. The molecule has 2 bridgehead atoms. The molecule has 2 aromatic carbocycles. The van der Waals surface area contributed by atoms with Crippen molar-refractivity contribution in [1.82, 2.24) is 4.90 Å². The van der Waals surface area contributed by atoms with Crippen LogP contribution in [0.5, 0.6) is 0 Å². The van der Waals surface area contributed by atoms with Gasteiger partial charge in [0.25, 0.3) is 0 Å². The molecule has 0 N–H and O–H groups in total. The van der Waals surface area contributed by atoms with Gasteiger partial charge in [0.15, 0.2) is 9.84 Å². The highest BCUT2D eigenvalue weighted by atomic mass is 32.2. The summed E-state index contributed by atoms with van der Waals surface area (Å²) in [6.45, 7) is 1.72. The van der Waals surface area contributed by atoms with Crippen LogP contribution in [-0.4, -0.2) is 36.6 Å². The van der Waals surface area contributed by atoms with Crippen LogP contribution in [0.1, 0.15) is 43.2 Å². The number of fused-ring (bicyclic) bond motifs is 2. The van der Waals surface area contributed by atoms with Gasteiger partial charge in [0.1, 0.15) is 5.82 Å². The molecule has 4 rings (SSSR count). The van der Waals surface area contributed by atoms with E-state index in [1.165, 1.54) is 6.07 Å². The van der Waals surface area contributed by atoms with Crippen LogP contribution in [0.2, 0.25) is 0 Å². The molecule has 0 radical (unpaired) electrons. The van der Waals surface area contributed by atoms with Gasteiger partial charge in [-0.3, -0.25) is 4.79 Å². The molecular weight excluding hydrogens is 389 g/mol. The topological polar surface area (TPSA) is 54.5 Å². The number of piperidine rings is 1. The number of benzene rings is 2. The van der Waals surface area contributed by atoms with E-state index in [1.807, 2.05) is 17.0 Å². The van der Waals surface area contributed by atoms with E-state index in [9.17, 15) is 17.6 Å². The zero-order valence-corrected chi connectivity index (χ0v) is 17.4. The SMILES string of the molecule is Cc1ccc(CCC(=O)N2C3CCC2CC(S(=O)(=O)c2ccccc2)C3)cc1F. The van der Waals surface area contributed by atoms with Crippen molar-refractivity contribution in [1.29, 1.82) is 0 Å². The van der Waals surface area contributed by atoms with Crippen molar-refractivity contribution < 1.29 is 17.6 Å². The summed E-state index contributed by atoms with van der Waals surface area (Å²) in [4.78, 5) is 15.2. The molecule has 0 saturated carbocycles. The van der Waals surface area contributed by atoms with Crippen molar-refractivity contribution >= 4 is 15.7 Å². The Balaban J connectivity index is 1.42. The van der Waals surface area contributed by atoms with Gasteiger partial charge >= 0.3 is 0 Å². The van der Waals surface area contributed by atoms with Gasteiger partial charge in [-0.25, -0.2) is 12.8 Å². The third-order valence-electron chi connectivity index (χ3n) is 6.35. The van der Waals surface area contributed by atoms with Crippen molar-refractivity contribution in [3.8, 4) is 0 Å². The lowest BCUT2D eigenvalue weighted by Gasteiger charge is -2.38. The Kier molecular flexibility index (Phi) is 5.47. The third kappa shape index (κ3) is 3.95. The van der Waals surface area contributed by atoms with Crippen LogP contribution in [0, 0.1) is 12.7 Å². The average Bonchev–Trinajstić information content (AvgIpc) is 2.98. The molecule has 2 aromatic rings. The van der Waals surface area contributed by atoms with Crippen LogP contribution < -0.4 is 0 Å². The highest BCUT2D eigenvalue weighted by Crippen LogP contribution is 2.40. The van der Waals surface area contributed by atoms with E-state index in [-0.39, 0.29) is 23.8 Å². The number of sulfone groups is 1. The second-order valence-electron chi connectivity index (χ2n) is 8.22. The lowest BCUT2D eigenvalue weighted by molar-refractivity contribution is -0.135. The summed E-state index contributed by atoms with van der Waals surface area (Å²) < 4.78 is 39.8. The fraction of sp³-hybridized carbons (Fsp3) is 0.435. The number of hydrogen-bond donors (Lipinski definition) is 0. The Labute approximate surface area is 171 Å². The number of carbonyl (C=O) groups excluding carboxylic acids is 1. The summed E-state index contributed by atoms with van der Waals surface area (Å²) in [5.41, 5.74) is 1.41. The number of halogens is 1. The van der Waals surface area contributed by atoms with Gasteiger partial charge in [0, 0.05) is 18.5 Å². The molecule has 29 heavy (non-hydrogen) atoms. The van der Waals surface area contributed by atoms with Crippen LogP contribution in [0.3, 0.4) is 0 Å². The van der Waals surface area contributed by atoms with Gasteiger partial charge in [-0.15, -0.1) is 0 Å². The first-order valence-corrected chi connectivity index (χ1v) is 11.8. The van der Waals surface area contributed by atoms with Gasteiger partial charge in [-0.1, -0.05) is 30.3 Å². The Bertz CT molecular complexity index is 992. The molecule has 0 aromatic heterocycles. The number of hydrogen-bond acceptors (Lipinski definition) is 3. The molecule has 2 heterocycles. The van der Waals surface area contributed by atoms with Crippen molar-refractivity contribution in [2.75, 3.05) is 0 Å². The first-order valence-electron chi connectivity index (χ1n) is 10.2. The third-order valence-corrected chi connectivity index (χ3v) is 8.54. The summed E-state index contributed by atoms with van der Waals surface area (Å²) in [5.74, 6) is -0.198. The molecular formula is C23H26FNO3S. The Hall–Kier alpha value is -2.21. The molecule has 1 amide bonds. The number of amides is 1. The average molecular weight is 416 g/mol. The minimum absolute atomic E-state index is 0.0144. The molecule has 4 nitrogen and oxygen atoms in total. The number of rotatable bonds is 5. The van der Waals surface area contributed by atoms with E-state index in [0.29, 0.717) is 36.1 Å². The first-order chi connectivity index (χ1) is 13.9. The fourth-order valence-corrected chi connectivity index (χ4v) is 6.63.